The summed E-state index contributed by atoms with van der Waals surface area (Å²) in [7, 11) is -3.62. The summed E-state index contributed by atoms with van der Waals surface area (Å²) < 4.78 is 25.7. The first-order chi connectivity index (χ1) is 11.8. The van der Waals surface area contributed by atoms with Crippen molar-refractivity contribution in [3.05, 3.63) is 29.3 Å². The van der Waals surface area contributed by atoms with Crippen LogP contribution in [-0.2, 0) is 14.8 Å². The second kappa shape index (κ2) is 8.90. The molecule has 0 bridgehead atoms. The van der Waals surface area contributed by atoms with Crippen molar-refractivity contribution in [2.24, 2.45) is 0 Å². The van der Waals surface area contributed by atoms with Gasteiger partial charge in [-0.25, -0.2) is 8.42 Å². The Morgan fingerprint density at radius 2 is 1.80 bits per heavy atom. The lowest BCUT2D eigenvalue weighted by Crippen LogP contribution is -2.50. The third kappa shape index (κ3) is 5.89. The van der Waals surface area contributed by atoms with Gasteiger partial charge in [-0.2, -0.15) is 0 Å². The van der Waals surface area contributed by atoms with Crippen LogP contribution in [0.3, 0.4) is 0 Å². The molecule has 140 valence electrons. The van der Waals surface area contributed by atoms with E-state index in [1.54, 1.807) is 31.2 Å². The number of nitrogens with zero attached hydrogens (tertiary/aromatic N) is 1. The molecule has 1 amide bonds. The van der Waals surface area contributed by atoms with E-state index in [9.17, 15) is 13.2 Å². The second-order valence-corrected chi connectivity index (χ2v) is 9.06. The Balaban J connectivity index is 2.15. The van der Waals surface area contributed by atoms with Crippen molar-refractivity contribution in [1.82, 2.24) is 5.32 Å². The van der Waals surface area contributed by atoms with E-state index in [1.807, 2.05) is 0 Å². The first-order valence-corrected chi connectivity index (χ1v) is 11.1. The zero-order valence-electron chi connectivity index (χ0n) is 14.9. The van der Waals surface area contributed by atoms with Crippen molar-refractivity contribution >= 4 is 33.2 Å². The smallest absolute Gasteiger partial charge is 0.243 e. The van der Waals surface area contributed by atoms with Gasteiger partial charge < -0.3 is 5.32 Å². The Bertz CT molecular complexity index is 685. The molecule has 0 aromatic heterocycles. The van der Waals surface area contributed by atoms with Crippen LogP contribution in [0.1, 0.15) is 51.9 Å². The molecule has 1 N–H and O–H groups in total. The number of hydrogen-bond acceptors (Lipinski definition) is 3. The van der Waals surface area contributed by atoms with Gasteiger partial charge in [-0.1, -0.05) is 49.8 Å². The van der Waals surface area contributed by atoms with Gasteiger partial charge in [0.2, 0.25) is 15.9 Å². The molecule has 1 saturated carbocycles. The summed E-state index contributed by atoms with van der Waals surface area (Å²) in [5.41, 5.74) is 0.398. The van der Waals surface area contributed by atoms with Gasteiger partial charge in [0.15, 0.2) is 0 Å². The van der Waals surface area contributed by atoms with E-state index in [0.717, 1.165) is 36.2 Å². The Kier molecular flexibility index (Phi) is 7.14. The number of carbonyl (C=O) groups excluding carboxylic acids is 1. The number of sulfonamides is 1. The van der Waals surface area contributed by atoms with Gasteiger partial charge in [-0.05, 0) is 38.0 Å². The standard InChI is InChI=1S/C18H27ClN2O3S/c1-14(18(22)20-16-10-6-4-3-5-7-11-16)21(25(2,23)24)17-12-8-9-15(19)13-17/h8-9,12-14,16H,3-7,10-11H2,1-2H3,(H,20,22). The number of carbonyl (C=O) groups is 1. The minimum Gasteiger partial charge on any atom is -0.352 e. The maximum absolute atomic E-state index is 12.7. The van der Waals surface area contributed by atoms with Gasteiger partial charge >= 0.3 is 0 Å². The van der Waals surface area contributed by atoms with Crippen molar-refractivity contribution in [3.8, 4) is 0 Å². The molecule has 2 rings (SSSR count). The van der Waals surface area contributed by atoms with Gasteiger partial charge in [0.05, 0.1) is 11.9 Å². The first-order valence-electron chi connectivity index (χ1n) is 8.84. The van der Waals surface area contributed by atoms with Gasteiger partial charge in [0.25, 0.3) is 0 Å². The number of hydrogen-bond donors (Lipinski definition) is 1. The number of amides is 1. The van der Waals surface area contributed by atoms with Crippen LogP contribution >= 0.6 is 11.6 Å². The Morgan fingerprint density at radius 1 is 1.20 bits per heavy atom. The highest BCUT2D eigenvalue weighted by molar-refractivity contribution is 7.92. The number of nitrogens with one attached hydrogen (secondary N) is 1. The fourth-order valence-electron chi connectivity index (χ4n) is 3.34. The summed E-state index contributed by atoms with van der Waals surface area (Å²) in [4.78, 5) is 12.7. The average molecular weight is 387 g/mol. The topological polar surface area (TPSA) is 66.5 Å². The molecule has 5 nitrogen and oxygen atoms in total. The SMILES string of the molecule is CC(C(=O)NC1CCCCCCC1)N(c1cccc(Cl)c1)S(C)(=O)=O. The Labute approximate surface area is 155 Å². The molecule has 0 aliphatic heterocycles. The highest BCUT2D eigenvalue weighted by Crippen LogP contribution is 2.24. The number of rotatable bonds is 5. The minimum atomic E-state index is -3.62. The van der Waals surface area contributed by atoms with Crippen molar-refractivity contribution in [2.75, 3.05) is 10.6 Å². The minimum absolute atomic E-state index is 0.121. The zero-order chi connectivity index (χ0) is 18.4. The number of benzene rings is 1. The molecule has 1 aromatic rings. The van der Waals surface area contributed by atoms with E-state index in [1.165, 1.54) is 19.3 Å². The van der Waals surface area contributed by atoms with Crippen LogP contribution in [0.5, 0.6) is 0 Å². The summed E-state index contributed by atoms with van der Waals surface area (Å²) in [5, 5.41) is 3.47. The van der Waals surface area contributed by atoms with Crippen LogP contribution in [0.4, 0.5) is 5.69 Å². The average Bonchev–Trinajstić information content (AvgIpc) is 2.48. The molecule has 1 atom stereocenters. The molecule has 1 aromatic carbocycles. The lowest BCUT2D eigenvalue weighted by Gasteiger charge is -2.30. The summed E-state index contributed by atoms with van der Waals surface area (Å²) in [6.45, 7) is 1.61. The van der Waals surface area contributed by atoms with Gasteiger partial charge in [-0.15, -0.1) is 0 Å². The third-order valence-electron chi connectivity index (χ3n) is 4.60. The predicted octanol–water partition coefficient (Wildman–Crippen LogP) is 3.72. The van der Waals surface area contributed by atoms with Crippen LogP contribution in [0, 0.1) is 0 Å². The molecule has 25 heavy (non-hydrogen) atoms. The van der Waals surface area contributed by atoms with E-state index in [0.29, 0.717) is 10.7 Å². The highest BCUT2D eigenvalue weighted by Gasteiger charge is 2.30. The van der Waals surface area contributed by atoms with Crippen LogP contribution < -0.4 is 9.62 Å². The fourth-order valence-corrected chi connectivity index (χ4v) is 4.70. The first kappa shape index (κ1) is 20.0. The molecule has 0 spiro atoms. The molecular weight excluding hydrogens is 360 g/mol. The quantitative estimate of drug-likeness (QED) is 0.838. The molecule has 7 heteroatoms. The molecular formula is C18H27ClN2O3S. The largest absolute Gasteiger partial charge is 0.352 e. The monoisotopic (exact) mass is 386 g/mol. The van der Waals surface area contributed by atoms with Crippen LogP contribution in [0.25, 0.3) is 0 Å². The summed E-state index contributed by atoms with van der Waals surface area (Å²) in [6.07, 6.45) is 8.86. The molecule has 1 aliphatic carbocycles. The summed E-state index contributed by atoms with van der Waals surface area (Å²) in [5.74, 6) is -0.268. The maximum atomic E-state index is 12.7. The lowest BCUT2D eigenvalue weighted by atomic mass is 9.96. The Hall–Kier alpha value is -1.27. The fraction of sp³-hybridized carbons (Fsp3) is 0.611. The van der Waals surface area contributed by atoms with Crippen LogP contribution in [0.2, 0.25) is 5.02 Å². The van der Waals surface area contributed by atoms with E-state index in [4.69, 9.17) is 11.6 Å². The van der Waals surface area contributed by atoms with Crippen molar-refractivity contribution in [3.63, 3.8) is 0 Å². The normalized spacial score (nSPS) is 18.0. The second-order valence-electron chi connectivity index (χ2n) is 6.77. The van der Waals surface area contributed by atoms with Gasteiger partial charge in [0.1, 0.15) is 6.04 Å². The number of halogens is 1. The third-order valence-corrected chi connectivity index (χ3v) is 6.08. The van der Waals surface area contributed by atoms with Crippen LogP contribution in [-0.4, -0.2) is 32.7 Å². The molecule has 1 unspecified atom stereocenters. The van der Waals surface area contributed by atoms with Gasteiger partial charge in [-0.3, -0.25) is 9.10 Å². The summed E-state index contributed by atoms with van der Waals surface area (Å²) >= 11 is 5.99. The Morgan fingerprint density at radius 3 is 2.36 bits per heavy atom. The molecule has 0 heterocycles. The zero-order valence-corrected chi connectivity index (χ0v) is 16.4. The van der Waals surface area contributed by atoms with Gasteiger partial charge in [0, 0.05) is 11.1 Å². The highest BCUT2D eigenvalue weighted by atomic mass is 35.5. The molecule has 1 fully saturated rings. The predicted molar refractivity (Wildman–Crippen MR) is 102 cm³/mol. The lowest BCUT2D eigenvalue weighted by molar-refractivity contribution is -0.122. The molecule has 0 radical (unpaired) electrons. The van der Waals surface area contributed by atoms with E-state index >= 15 is 0 Å². The summed E-state index contributed by atoms with van der Waals surface area (Å²) in [6, 6.07) is 5.84. The maximum Gasteiger partial charge on any atom is 0.243 e. The van der Waals surface area contributed by atoms with Crippen LogP contribution in [0.15, 0.2) is 24.3 Å². The molecule has 0 saturated heterocycles. The van der Waals surface area contributed by atoms with Crippen molar-refractivity contribution in [2.45, 2.75) is 64.0 Å². The van der Waals surface area contributed by atoms with E-state index in [-0.39, 0.29) is 11.9 Å². The van der Waals surface area contributed by atoms with E-state index in [2.05, 4.69) is 5.32 Å². The number of anilines is 1. The van der Waals surface area contributed by atoms with E-state index < -0.39 is 16.1 Å². The van der Waals surface area contributed by atoms with Crippen molar-refractivity contribution < 1.29 is 13.2 Å². The molecule has 1 aliphatic rings. The van der Waals surface area contributed by atoms with Crippen molar-refractivity contribution in [1.29, 1.82) is 0 Å².